The summed E-state index contributed by atoms with van der Waals surface area (Å²) in [6.07, 6.45) is 0. The Labute approximate surface area is 167 Å². The Morgan fingerprint density at radius 2 is 1.55 bits per heavy atom. The highest BCUT2D eigenvalue weighted by atomic mass is 16.6. The van der Waals surface area contributed by atoms with Crippen molar-refractivity contribution in [2.24, 2.45) is 0 Å². The molecule has 6 nitrogen and oxygen atoms in total. The molecule has 2 heterocycles. The van der Waals surface area contributed by atoms with Crippen LogP contribution in [0.1, 0.15) is 19.4 Å². The van der Waals surface area contributed by atoms with Crippen LogP contribution in [0, 0.1) is 0 Å². The van der Waals surface area contributed by atoms with Crippen LogP contribution in [0.2, 0.25) is 0 Å². The average molecular weight is 384 g/mol. The van der Waals surface area contributed by atoms with E-state index < -0.39 is 0 Å². The number of para-hydroxylation sites is 2. The molecule has 0 aliphatic heterocycles. The van der Waals surface area contributed by atoms with Gasteiger partial charge in [-0.3, -0.25) is 4.79 Å². The molecule has 0 saturated carbocycles. The number of hydrogen-bond acceptors (Lipinski definition) is 5. The molecule has 0 bridgehead atoms. The van der Waals surface area contributed by atoms with E-state index in [2.05, 4.69) is 15.3 Å². The highest BCUT2D eigenvalue weighted by molar-refractivity contribution is 5.82. The number of aromatic nitrogens is 4. The Bertz CT molecular complexity index is 1320. The Morgan fingerprint density at radius 3 is 2.38 bits per heavy atom. The summed E-state index contributed by atoms with van der Waals surface area (Å²) in [7, 11) is 0. The fraction of sp³-hybridized carbons (Fsp3) is 0.130. The molecule has 0 unspecified atom stereocenters. The minimum absolute atomic E-state index is 0.145. The van der Waals surface area contributed by atoms with E-state index in [4.69, 9.17) is 4.63 Å². The van der Waals surface area contributed by atoms with Gasteiger partial charge in [0.2, 0.25) is 0 Å². The summed E-state index contributed by atoms with van der Waals surface area (Å²) < 4.78 is 6.52. The summed E-state index contributed by atoms with van der Waals surface area (Å²) in [5.74, 6) is 0. The normalized spacial score (nSPS) is 10.7. The molecule has 5 rings (SSSR count). The van der Waals surface area contributed by atoms with Crippen molar-refractivity contribution in [3.8, 4) is 11.3 Å². The largest absolute Gasteiger partial charge is 0.300 e. The first-order valence-corrected chi connectivity index (χ1v) is 9.56. The molecule has 2 aromatic heterocycles. The van der Waals surface area contributed by atoms with Crippen LogP contribution in [-0.2, 0) is 6.54 Å². The molecule has 6 heteroatoms. The summed E-state index contributed by atoms with van der Waals surface area (Å²) in [6.45, 7) is 4.48. The van der Waals surface area contributed by atoms with E-state index in [9.17, 15) is 4.79 Å². The third-order valence-corrected chi connectivity index (χ3v) is 4.56. The average Bonchev–Trinajstić information content (AvgIpc) is 3.25. The summed E-state index contributed by atoms with van der Waals surface area (Å²) in [6, 6.07) is 22.9. The molecule has 0 atom stereocenters. The maximum Gasteiger partial charge on any atom is 0.277 e. The van der Waals surface area contributed by atoms with Crippen molar-refractivity contribution in [3.63, 3.8) is 0 Å². The fourth-order valence-electron chi connectivity index (χ4n) is 3.23. The van der Waals surface area contributed by atoms with Crippen molar-refractivity contribution in [3.05, 3.63) is 88.7 Å². The van der Waals surface area contributed by atoms with Crippen molar-refractivity contribution in [1.29, 1.82) is 0 Å². The second-order valence-electron chi connectivity index (χ2n) is 6.29. The Morgan fingerprint density at radius 1 is 0.828 bits per heavy atom. The van der Waals surface area contributed by atoms with E-state index in [1.165, 1.54) is 0 Å². The predicted octanol–water partition coefficient (Wildman–Crippen LogP) is 4.67. The number of rotatable bonds is 3. The summed E-state index contributed by atoms with van der Waals surface area (Å²) >= 11 is 0. The van der Waals surface area contributed by atoms with E-state index in [1.54, 1.807) is 16.7 Å². The monoisotopic (exact) mass is 384 g/mol. The Kier molecular flexibility index (Phi) is 5.16. The molecule has 0 aliphatic carbocycles. The molecule has 144 valence electrons. The molecule has 0 saturated heterocycles. The van der Waals surface area contributed by atoms with Crippen LogP contribution in [-0.4, -0.2) is 19.9 Å². The molecular weight excluding hydrogens is 364 g/mol. The first-order chi connectivity index (χ1) is 14.3. The fourth-order valence-corrected chi connectivity index (χ4v) is 3.23. The number of benzene rings is 3. The zero-order valence-electron chi connectivity index (χ0n) is 16.2. The van der Waals surface area contributed by atoms with Gasteiger partial charge in [-0.05, 0) is 40.1 Å². The molecule has 0 spiro atoms. The number of hydrogen-bond donors (Lipinski definition) is 0. The topological polar surface area (TPSA) is 73.8 Å². The first kappa shape index (κ1) is 18.6. The zero-order valence-corrected chi connectivity index (χ0v) is 16.2. The molecule has 0 amide bonds. The maximum absolute atomic E-state index is 13.3. The minimum atomic E-state index is -0.145. The molecule has 0 aliphatic rings. The Hall–Kier alpha value is -3.80. The van der Waals surface area contributed by atoms with E-state index in [0.29, 0.717) is 28.8 Å². The molecule has 5 aromatic rings. The summed E-state index contributed by atoms with van der Waals surface area (Å²) in [5.41, 5.74) is 4.79. The van der Waals surface area contributed by atoms with Crippen LogP contribution in [0.5, 0.6) is 0 Å². The van der Waals surface area contributed by atoms with Crippen LogP contribution < -0.4 is 5.56 Å². The molecule has 0 N–H and O–H groups in total. The van der Waals surface area contributed by atoms with Gasteiger partial charge in [0.25, 0.3) is 5.56 Å². The number of fused-ring (bicyclic) bond motifs is 2. The highest BCUT2D eigenvalue weighted by Crippen LogP contribution is 2.21. The van der Waals surface area contributed by atoms with E-state index >= 15 is 0 Å². The van der Waals surface area contributed by atoms with Crippen LogP contribution in [0.3, 0.4) is 0 Å². The number of nitrogens with zero attached hydrogens (tertiary/aromatic N) is 4. The van der Waals surface area contributed by atoms with Crippen molar-refractivity contribution >= 4 is 22.1 Å². The Balaban J connectivity index is 0.000000994. The van der Waals surface area contributed by atoms with Crippen LogP contribution >= 0.6 is 0 Å². The standard InChI is InChI=1S/C21H14N4O2.C2H6/c26-21-20(15-10-11-16-18(12-15)24-27-23-16)22-17-8-4-5-9-19(17)25(21)13-14-6-2-1-3-7-14;1-2/h1-12H,13H2;1-2H3. The lowest BCUT2D eigenvalue weighted by Crippen LogP contribution is -2.24. The van der Waals surface area contributed by atoms with Crippen molar-refractivity contribution in [2.75, 3.05) is 0 Å². The van der Waals surface area contributed by atoms with Gasteiger partial charge >= 0.3 is 0 Å². The first-order valence-electron chi connectivity index (χ1n) is 9.56. The lowest BCUT2D eigenvalue weighted by atomic mass is 10.1. The van der Waals surface area contributed by atoms with Gasteiger partial charge in [-0.2, -0.15) is 0 Å². The van der Waals surface area contributed by atoms with Gasteiger partial charge in [0.15, 0.2) is 0 Å². The van der Waals surface area contributed by atoms with E-state index in [-0.39, 0.29) is 5.56 Å². The smallest absolute Gasteiger partial charge is 0.277 e. The lowest BCUT2D eigenvalue weighted by Gasteiger charge is -2.12. The van der Waals surface area contributed by atoms with Crippen molar-refractivity contribution in [1.82, 2.24) is 19.9 Å². The quantitative estimate of drug-likeness (QED) is 0.452. The molecule has 29 heavy (non-hydrogen) atoms. The highest BCUT2D eigenvalue weighted by Gasteiger charge is 2.14. The summed E-state index contributed by atoms with van der Waals surface area (Å²) in [5, 5.41) is 7.67. The van der Waals surface area contributed by atoms with Gasteiger partial charge in [-0.1, -0.05) is 62.4 Å². The molecule has 0 fully saturated rings. The van der Waals surface area contributed by atoms with Crippen LogP contribution in [0.25, 0.3) is 33.3 Å². The van der Waals surface area contributed by atoms with E-state index in [1.807, 2.05) is 74.5 Å². The van der Waals surface area contributed by atoms with Crippen molar-refractivity contribution < 1.29 is 4.63 Å². The third-order valence-electron chi connectivity index (χ3n) is 4.56. The molecule has 3 aromatic carbocycles. The van der Waals surface area contributed by atoms with Gasteiger partial charge in [-0.15, -0.1) is 0 Å². The van der Waals surface area contributed by atoms with Crippen LogP contribution in [0.4, 0.5) is 0 Å². The van der Waals surface area contributed by atoms with Crippen molar-refractivity contribution in [2.45, 2.75) is 20.4 Å². The third kappa shape index (κ3) is 3.52. The molecule has 0 radical (unpaired) electrons. The zero-order chi connectivity index (χ0) is 20.2. The SMILES string of the molecule is CC.O=c1c(-c2ccc3nonc3c2)nc2ccccc2n1Cc1ccccc1. The van der Waals surface area contributed by atoms with Gasteiger partial charge in [0.05, 0.1) is 17.6 Å². The van der Waals surface area contributed by atoms with Gasteiger partial charge < -0.3 is 4.57 Å². The van der Waals surface area contributed by atoms with Gasteiger partial charge in [0.1, 0.15) is 16.7 Å². The second-order valence-corrected chi connectivity index (χ2v) is 6.29. The van der Waals surface area contributed by atoms with Crippen LogP contribution in [0.15, 0.2) is 82.2 Å². The molecular formula is C23H20N4O2. The van der Waals surface area contributed by atoms with E-state index in [0.717, 1.165) is 16.6 Å². The van der Waals surface area contributed by atoms with Gasteiger partial charge in [0, 0.05) is 5.56 Å². The minimum Gasteiger partial charge on any atom is -0.300 e. The van der Waals surface area contributed by atoms with Gasteiger partial charge in [-0.25, -0.2) is 9.61 Å². The predicted molar refractivity (Wildman–Crippen MR) is 114 cm³/mol. The second kappa shape index (κ2) is 8.06. The summed E-state index contributed by atoms with van der Waals surface area (Å²) in [4.78, 5) is 17.9. The maximum atomic E-state index is 13.3. The lowest BCUT2D eigenvalue weighted by molar-refractivity contribution is 0.315.